The van der Waals surface area contributed by atoms with Crippen molar-refractivity contribution in [1.82, 2.24) is 10.2 Å². The van der Waals surface area contributed by atoms with Gasteiger partial charge < -0.3 is 29.5 Å². The van der Waals surface area contributed by atoms with Crippen LogP contribution in [0.2, 0.25) is 0 Å². The monoisotopic (exact) mass is 414 g/mol. The fourth-order valence-corrected chi connectivity index (χ4v) is 3.71. The van der Waals surface area contributed by atoms with Crippen molar-refractivity contribution in [2.45, 2.75) is 77.4 Å². The topological polar surface area (TPSA) is 80.3 Å². The zero-order valence-corrected chi connectivity index (χ0v) is 19.5. The van der Waals surface area contributed by atoms with Crippen LogP contribution in [0.3, 0.4) is 0 Å². The lowest BCUT2D eigenvalue weighted by atomic mass is 9.73. The van der Waals surface area contributed by atoms with Gasteiger partial charge >= 0.3 is 5.97 Å². The van der Waals surface area contributed by atoms with Gasteiger partial charge in [0.2, 0.25) is 0 Å². The number of hydrogen-bond acceptors (Lipinski definition) is 7. The first-order valence-electron chi connectivity index (χ1n) is 10.5. The summed E-state index contributed by atoms with van der Waals surface area (Å²) in [5.74, 6) is -0.604. The van der Waals surface area contributed by atoms with Crippen molar-refractivity contribution >= 4 is 5.97 Å². The Morgan fingerprint density at radius 3 is 2.52 bits per heavy atom. The highest BCUT2D eigenvalue weighted by Crippen LogP contribution is 2.38. The Balaban J connectivity index is 2.72. The van der Waals surface area contributed by atoms with Crippen molar-refractivity contribution in [1.29, 1.82) is 0 Å². The van der Waals surface area contributed by atoms with Gasteiger partial charge in [0, 0.05) is 25.6 Å². The molecule has 1 aliphatic carbocycles. The molecule has 7 heteroatoms. The molecule has 29 heavy (non-hydrogen) atoms. The average Bonchev–Trinajstić information content (AvgIpc) is 2.61. The third-order valence-corrected chi connectivity index (χ3v) is 5.78. The molecule has 1 unspecified atom stereocenters. The number of nitrogens with one attached hydrogen (secondary N) is 1. The second kappa shape index (κ2) is 12.0. The lowest BCUT2D eigenvalue weighted by molar-refractivity contribution is -0.199. The number of ether oxygens (including phenoxy) is 3. The minimum absolute atomic E-state index is 0.152. The van der Waals surface area contributed by atoms with E-state index in [2.05, 4.69) is 17.1 Å². The number of methoxy groups -OCH3 is 1. The summed E-state index contributed by atoms with van der Waals surface area (Å²) < 4.78 is 17.5. The summed E-state index contributed by atoms with van der Waals surface area (Å²) in [6, 6.07) is 0.322. The first-order chi connectivity index (χ1) is 13.5. The summed E-state index contributed by atoms with van der Waals surface area (Å²) in [4.78, 5) is 14.4. The molecule has 0 radical (unpaired) electrons. The lowest BCUT2D eigenvalue weighted by Crippen LogP contribution is -2.57. The standard InChI is InChI=1S/C22H42N2O5/c1-15(2)11-12-28-22(4,5)20-17(25)9-10-18(21(20)27-8)29-19(26)14-23-13-16(3)24(6)7/h11,16-18,20-21,23,25H,9-10,12-14H2,1-8H3/t16?,17-,18-,20-,21-/m1/s1. The molecule has 0 amide bonds. The average molecular weight is 415 g/mol. The molecule has 2 N–H and O–H groups in total. The van der Waals surface area contributed by atoms with E-state index >= 15 is 0 Å². The SMILES string of the molecule is CO[C@H]1[C@H](C(C)(C)OCC=C(C)C)[C@H](O)CC[C@H]1OC(=O)CNCC(C)N(C)C. The zero-order valence-electron chi connectivity index (χ0n) is 19.5. The summed E-state index contributed by atoms with van der Waals surface area (Å²) in [6.45, 7) is 11.4. The first kappa shape index (κ1) is 26.0. The van der Waals surface area contributed by atoms with Crippen LogP contribution in [0.1, 0.15) is 47.5 Å². The highest BCUT2D eigenvalue weighted by Gasteiger charge is 2.49. The van der Waals surface area contributed by atoms with Crippen LogP contribution in [0, 0.1) is 5.92 Å². The van der Waals surface area contributed by atoms with E-state index in [9.17, 15) is 9.90 Å². The Bertz CT molecular complexity index is 531. The number of allylic oxidation sites excluding steroid dienone is 1. The Kier molecular flexibility index (Phi) is 10.8. The van der Waals surface area contributed by atoms with Gasteiger partial charge in [-0.25, -0.2) is 0 Å². The second-order valence-electron chi connectivity index (χ2n) is 9.04. The van der Waals surface area contributed by atoms with Crippen molar-refractivity contribution < 1.29 is 24.1 Å². The van der Waals surface area contributed by atoms with Gasteiger partial charge in [-0.3, -0.25) is 4.79 Å². The molecule has 1 rings (SSSR count). The first-order valence-corrected chi connectivity index (χ1v) is 10.5. The van der Waals surface area contributed by atoms with E-state index in [0.29, 0.717) is 32.0 Å². The summed E-state index contributed by atoms with van der Waals surface area (Å²) in [5.41, 5.74) is 0.549. The molecule has 0 aliphatic heterocycles. The predicted molar refractivity (Wildman–Crippen MR) is 115 cm³/mol. The third-order valence-electron chi connectivity index (χ3n) is 5.78. The van der Waals surface area contributed by atoms with Crippen LogP contribution >= 0.6 is 0 Å². The molecule has 0 aromatic heterocycles. The molecule has 1 aliphatic rings. The van der Waals surface area contributed by atoms with Crippen LogP contribution in [-0.2, 0) is 19.0 Å². The molecular weight excluding hydrogens is 372 g/mol. The summed E-state index contributed by atoms with van der Waals surface area (Å²) in [5, 5.41) is 13.8. The van der Waals surface area contributed by atoms with Gasteiger partial charge in [0.1, 0.15) is 12.2 Å². The number of aliphatic hydroxyl groups is 1. The van der Waals surface area contributed by atoms with Crippen LogP contribution in [0.15, 0.2) is 11.6 Å². The molecule has 0 bridgehead atoms. The molecule has 0 aromatic rings. The molecule has 1 saturated carbocycles. The van der Waals surface area contributed by atoms with Gasteiger partial charge in [-0.2, -0.15) is 0 Å². The van der Waals surface area contributed by atoms with E-state index in [4.69, 9.17) is 14.2 Å². The van der Waals surface area contributed by atoms with Crippen LogP contribution in [-0.4, -0.2) is 86.8 Å². The van der Waals surface area contributed by atoms with E-state index in [1.165, 1.54) is 5.57 Å². The quantitative estimate of drug-likeness (QED) is 0.395. The van der Waals surface area contributed by atoms with E-state index in [1.54, 1.807) is 7.11 Å². The van der Waals surface area contributed by atoms with Crippen molar-refractivity contribution in [2.24, 2.45) is 5.92 Å². The third kappa shape index (κ3) is 8.34. The lowest BCUT2D eigenvalue weighted by Gasteiger charge is -2.46. The summed E-state index contributed by atoms with van der Waals surface area (Å²) in [7, 11) is 5.60. The van der Waals surface area contributed by atoms with Crippen molar-refractivity contribution in [2.75, 3.05) is 40.9 Å². The maximum Gasteiger partial charge on any atom is 0.320 e. The van der Waals surface area contributed by atoms with Gasteiger partial charge in [-0.1, -0.05) is 11.6 Å². The Hall–Kier alpha value is -0.990. The minimum atomic E-state index is -0.628. The molecule has 0 aromatic carbocycles. The van der Waals surface area contributed by atoms with Crippen LogP contribution < -0.4 is 5.32 Å². The van der Waals surface area contributed by atoms with E-state index < -0.39 is 23.9 Å². The van der Waals surface area contributed by atoms with Crippen LogP contribution in [0.4, 0.5) is 0 Å². The van der Waals surface area contributed by atoms with Gasteiger partial charge in [-0.05, 0) is 61.6 Å². The van der Waals surface area contributed by atoms with Crippen molar-refractivity contribution in [3.63, 3.8) is 0 Å². The number of likely N-dealkylation sites (N-methyl/N-ethyl adjacent to an activating group) is 1. The van der Waals surface area contributed by atoms with Gasteiger partial charge in [0.15, 0.2) is 0 Å². The summed E-state index contributed by atoms with van der Waals surface area (Å²) >= 11 is 0. The molecule has 0 heterocycles. The highest BCUT2D eigenvalue weighted by molar-refractivity contribution is 5.71. The van der Waals surface area contributed by atoms with E-state index in [0.717, 1.165) is 0 Å². The molecular formula is C22H42N2O5. The minimum Gasteiger partial charge on any atom is -0.459 e. The normalized spacial score (nSPS) is 26.3. The van der Waals surface area contributed by atoms with E-state index in [-0.39, 0.29) is 18.4 Å². The van der Waals surface area contributed by atoms with Gasteiger partial charge in [0.05, 0.1) is 24.9 Å². The number of nitrogens with zero attached hydrogens (tertiary/aromatic N) is 1. The van der Waals surface area contributed by atoms with Crippen LogP contribution in [0.25, 0.3) is 0 Å². The number of aliphatic hydroxyl groups excluding tert-OH is 1. The maximum atomic E-state index is 12.4. The van der Waals surface area contributed by atoms with E-state index in [1.807, 2.05) is 47.9 Å². The maximum absolute atomic E-state index is 12.4. The Morgan fingerprint density at radius 2 is 1.97 bits per heavy atom. The molecule has 0 spiro atoms. The molecule has 7 nitrogen and oxygen atoms in total. The second-order valence-corrected chi connectivity index (χ2v) is 9.04. The zero-order chi connectivity index (χ0) is 22.2. The Labute approximate surface area is 176 Å². The molecule has 170 valence electrons. The number of carbonyl (C=O) groups excluding carboxylic acids is 1. The molecule has 0 saturated heterocycles. The number of esters is 1. The predicted octanol–water partition coefficient (Wildman–Crippen LogP) is 1.99. The van der Waals surface area contributed by atoms with Gasteiger partial charge in [-0.15, -0.1) is 0 Å². The van der Waals surface area contributed by atoms with Gasteiger partial charge in [0.25, 0.3) is 0 Å². The smallest absolute Gasteiger partial charge is 0.320 e. The fourth-order valence-electron chi connectivity index (χ4n) is 3.71. The largest absolute Gasteiger partial charge is 0.459 e. The number of hydrogen-bond donors (Lipinski definition) is 2. The van der Waals surface area contributed by atoms with Crippen molar-refractivity contribution in [3.8, 4) is 0 Å². The number of carbonyl (C=O) groups is 1. The number of rotatable bonds is 11. The highest BCUT2D eigenvalue weighted by atomic mass is 16.6. The Morgan fingerprint density at radius 1 is 1.31 bits per heavy atom. The molecule has 5 atom stereocenters. The van der Waals surface area contributed by atoms with Crippen LogP contribution in [0.5, 0.6) is 0 Å². The molecule has 1 fully saturated rings. The summed E-state index contributed by atoms with van der Waals surface area (Å²) in [6.07, 6.45) is 1.72. The van der Waals surface area contributed by atoms with Crippen molar-refractivity contribution in [3.05, 3.63) is 11.6 Å². The fraction of sp³-hybridized carbons (Fsp3) is 0.864.